The monoisotopic (exact) mass is 316 g/mol. The maximum atomic E-state index is 5.55. The maximum Gasteiger partial charge on any atom is 0.218 e. The van der Waals surface area contributed by atoms with E-state index in [-0.39, 0.29) is 0 Å². The summed E-state index contributed by atoms with van der Waals surface area (Å²) >= 11 is 3.54. The van der Waals surface area contributed by atoms with E-state index >= 15 is 0 Å². The zero-order chi connectivity index (χ0) is 13.1. The topological polar surface area (TPSA) is 33.6 Å². The molecule has 0 aromatic heterocycles. The van der Waals surface area contributed by atoms with Crippen LogP contribution in [-0.2, 0) is 4.74 Å². The molecule has 1 aliphatic rings. The van der Waals surface area contributed by atoms with E-state index in [1.165, 1.54) is 0 Å². The molecule has 1 heterocycles. The number of rotatable bonds is 3. The molecule has 3 nitrogen and oxygen atoms in total. The van der Waals surface area contributed by atoms with E-state index < -0.39 is 0 Å². The molecule has 0 unspecified atom stereocenters. The van der Waals surface area contributed by atoms with Crippen molar-refractivity contribution >= 4 is 33.2 Å². The van der Waals surface area contributed by atoms with E-state index in [4.69, 9.17) is 4.74 Å². The normalized spacial score (nSPS) is 13.8. The van der Waals surface area contributed by atoms with Gasteiger partial charge in [-0.2, -0.15) is 0 Å². The maximum absolute atomic E-state index is 5.55. The summed E-state index contributed by atoms with van der Waals surface area (Å²) in [4.78, 5) is 4.37. The van der Waals surface area contributed by atoms with Gasteiger partial charge in [-0.05, 0) is 40.2 Å². The van der Waals surface area contributed by atoms with Crippen LogP contribution in [0.1, 0.15) is 5.56 Å². The van der Waals surface area contributed by atoms with Gasteiger partial charge in [0.15, 0.2) is 0 Å². The van der Waals surface area contributed by atoms with Crippen LogP contribution in [0.3, 0.4) is 0 Å². The minimum atomic E-state index is 0.665. The van der Waals surface area contributed by atoms with E-state index in [2.05, 4.69) is 26.2 Å². The van der Waals surface area contributed by atoms with Crippen LogP contribution in [0.5, 0.6) is 0 Å². The van der Waals surface area contributed by atoms with E-state index in [1.54, 1.807) is 0 Å². The van der Waals surface area contributed by atoms with Gasteiger partial charge < -0.3 is 10.1 Å². The Kier molecular flexibility index (Phi) is 3.51. The lowest BCUT2D eigenvalue weighted by atomic mass is 10.1. The van der Waals surface area contributed by atoms with Crippen molar-refractivity contribution in [1.82, 2.24) is 0 Å². The molecule has 0 saturated heterocycles. The average molecular weight is 317 g/mol. The number of ether oxygens (including phenoxy) is 1. The number of hydrogen-bond donors (Lipinski definition) is 1. The van der Waals surface area contributed by atoms with Crippen molar-refractivity contribution in [3.05, 3.63) is 58.6 Å². The number of aliphatic imine (C=N–C) groups is 1. The van der Waals surface area contributed by atoms with Gasteiger partial charge in [0, 0.05) is 4.47 Å². The Balaban J connectivity index is 1.95. The van der Waals surface area contributed by atoms with Crippen molar-refractivity contribution in [1.29, 1.82) is 0 Å². The molecule has 0 saturated carbocycles. The zero-order valence-electron chi connectivity index (χ0n) is 10.3. The van der Waals surface area contributed by atoms with Gasteiger partial charge in [-0.15, -0.1) is 0 Å². The van der Waals surface area contributed by atoms with Crippen molar-refractivity contribution in [2.45, 2.75) is 0 Å². The van der Waals surface area contributed by atoms with Crippen molar-refractivity contribution in [2.75, 3.05) is 18.5 Å². The third kappa shape index (κ3) is 2.63. The largest absolute Gasteiger partial charge is 0.475 e. The summed E-state index contributed by atoms with van der Waals surface area (Å²) < 4.78 is 6.57. The van der Waals surface area contributed by atoms with Crippen LogP contribution in [0.2, 0.25) is 0 Å². The summed E-state index contributed by atoms with van der Waals surface area (Å²) in [6, 6.07) is 16.1. The SMILES string of the molecule is Brc1ccccc1Nc1ccccc1C1=NCCO1. The Morgan fingerprint density at radius 2 is 1.74 bits per heavy atom. The van der Waals surface area contributed by atoms with Crippen LogP contribution in [0.15, 0.2) is 58.0 Å². The molecule has 2 aromatic carbocycles. The number of hydrogen-bond acceptors (Lipinski definition) is 3. The number of benzene rings is 2. The number of nitrogens with one attached hydrogen (secondary N) is 1. The molecule has 0 atom stereocenters. The van der Waals surface area contributed by atoms with Gasteiger partial charge in [-0.3, -0.25) is 0 Å². The predicted molar refractivity (Wildman–Crippen MR) is 81.2 cm³/mol. The van der Waals surface area contributed by atoms with Crippen LogP contribution in [-0.4, -0.2) is 19.0 Å². The standard InChI is InChI=1S/C15H13BrN2O/c16-12-6-2-4-8-14(12)18-13-7-3-1-5-11(13)15-17-9-10-19-15/h1-8,18H,9-10H2. The molecule has 0 spiro atoms. The van der Waals surface area contributed by atoms with Crippen LogP contribution >= 0.6 is 15.9 Å². The fraction of sp³-hybridized carbons (Fsp3) is 0.133. The number of anilines is 2. The Morgan fingerprint density at radius 3 is 2.47 bits per heavy atom. The summed E-state index contributed by atoms with van der Waals surface area (Å²) in [5.41, 5.74) is 3.01. The van der Waals surface area contributed by atoms with Crippen molar-refractivity contribution < 1.29 is 4.74 Å². The summed E-state index contributed by atoms with van der Waals surface area (Å²) in [6.07, 6.45) is 0. The van der Waals surface area contributed by atoms with Crippen molar-refractivity contribution in [3.63, 3.8) is 0 Å². The average Bonchev–Trinajstić information content (AvgIpc) is 2.96. The van der Waals surface area contributed by atoms with Crippen LogP contribution < -0.4 is 5.32 Å². The number of nitrogens with zero attached hydrogens (tertiary/aromatic N) is 1. The number of halogens is 1. The third-order valence-electron chi connectivity index (χ3n) is 2.89. The first-order valence-electron chi connectivity index (χ1n) is 6.13. The highest BCUT2D eigenvalue weighted by Gasteiger charge is 2.14. The highest BCUT2D eigenvalue weighted by molar-refractivity contribution is 9.10. The first kappa shape index (κ1) is 12.2. The summed E-state index contributed by atoms with van der Waals surface area (Å²) in [5, 5.41) is 3.41. The second-order valence-electron chi connectivity index (χ2n) is 4.19. The lowest BCUT2D eigenvalue weighted by Gasteiger charge is -2.12. The predicted octanol–water partition coefficient (Wildman–Crippen LogP) is 3.97. The Hall–Kier alpha value is -1.81. The number of para-hydroxylation sites is 2. The lowest BCUT2D eigenvalue weighted by Crippen LogP contribution is -2.05. The van der Waals surface area contributed by atoms with E-state index in [1.807, 2.05) is 48.5 Å². The molecular formula is C15H13BrN2O. The molecule has 3 rings (SSSR count). The molecule has 19 heavy (non-hydrogen) atoms. The van der Waals surface area contributed by atoms with Crippen molar-refractivity contribution in [2.24, 2.45) is 4.99 Å². The molecule has 0 amide bonds. The van der Waals surface area contributed by atoms with Gasteiger partial charge in [-0.25, -0.2) is 4.99 Å². The summed E-state index contributed by atoms with van der Waals surface area (Å²) in [7, 11) is 0. The Labute approximate surface area is 120 Å². The smallest absolute Gasteiger partial charge is 0.218 e. The lowest BCUT2D eigenvalue weighted by molar-refractivity contribution is 0.348. The molecule has 0 bridgehead atoms. The highest BCUT2D eigenvalue weighted by Crippen LogP contribution is 2.28. The third-order valence-corrected chi connectivity index (χ3v) is 3.58. The fourth-order valence-corrected chi connectivity index (χ4v) is 2.37. The second kappa shape index (κ2) is 5.45. The molecule has 1 aliphatic heterocycles. The van der Waals surface area contributed by atoms with Gasteiger partial charge in [0.2, 0.25) is 5.90 Å². The minimum absolute atomic E-state index is 0.665. The molecule has 0 aliphatic carbocycles. The summed E-state index contributed by atoms with van der Waals surface area (Å²) in [5.74, 6) is 0.718. The van der Waals surface area contributed by atoms with Crippen molar-refractivity contribution in [3.8, 4) is 0 Å². The van der Waals surface area contributed by atoms with Gasteiger partial charge in [-0.1, -0.05) is 24.3 Å². The van der Waals surface area contributed by atoms with Gasteiger partial charge in [0.05, 0.1) is 23.5 Å². The first-order valence-corrected chi connectivity index (χ1v) is 6.92. The highest BCUT2D eigenvalue weighted by atomic mass is 79.9. The zero-order valence-corrected chi connectivity index (χ0v) is 11.9. The van der Waals surface area contributed by atoms with Crippen LogP contribution in [0, 0.1) is 0 Å². The molecule has 96 valence electrons. The Morgan fingerprint density at radius 1 is 1.00 bits per heavy atom. The molecule has 0 fully saturated rings. The summed E-state index contributed by atoms with van der Waals surface area (Å²) in [6.45, 7) is 1.40. The molecular weight excluding hydrogens is 304 g/mol. The van der Waals surface area contributed by atoms with Crippen LogP contribution in [0.4, 0.5) is 11.4 Å². The molecule has 1 N–H and O–H groups in total. The molecule has 2 aromatic rings. The van der Waals surface area contributed by atoms with Gasteiger partial charge >= 0.3 is 0 Å². The van der Waals surface area contributed by atoms with Gasteiger partial charge in [0.25, 0.3) is 0 Å². The van der Waals surface area contributed by atoms with E-state index in [9.17, 15) is 0 Å². The van der Waals surface area contributed by atoms with E-state index in [0.29, 0.717) is 6.61 Å². The van der Waals surface area contributed by atoms with Crippen LogP contribution in [0.25, 0.3) is 0 Å². The molecule has 0 radical (unpaired) electrons. The van der Waals surface area contributed by atoms with Gasteiger partial charge in [0.1, 0.15) is 6.61 Å². The Bertz CT molecular complexity index is 625. The van der Waals surface area contributed by atoms with E-state index in [0.717, 1.165) is 33.9 Å². The quantitative estimate of drug-likeness (QED) is 0.929. The molecule has 4 heteroatoms. The minimum Gasteiger partial charge on any atom is -0.475 e. The first-order chi connectivity index (χ1) is 9.34. The second-order valence-corrected chi connectivity index (χ2v) is 5.04. The fourth-order valence-electron chi connectivity index (χ4n) is 1.98.